The molecule has 0 aromatic heterocycles. The number of aromatic hydroxyl groups is 1. The maximum atomic E-state index is 12.7. The van der Waals surface area contributed by atoms with Crippen LogP contribution in [0.5, 0.6) is 17.2 Å². The summed E-state index contributed by atoms with van der Waals surface area (Å²) in [5, 5.41) is 10.7. The third-order valence-corrected chi connectivity index (χ3v) is 6.52. The van der Waals surface area contributed by atoms with E-state index in [0.29, 0.717) is 5.56 Å². The van der Waals surface area contributed by atoms with E-state index in [1.165, 1.54) is 0 Å². The summed E-state index contributed by atoms with van der Waals surface area (Å²) in [6.07, 6.45) is 3.65. The van der Waals surface area contributed by atoms with E-state index in [1.807, 2.05) is 39.6 Å². The largest absolute Gasteiger partial charge is 0.544 e. The number of rotatable bonds is 6. The number of alkyl halides is 3. The van der Waals surface area contributed by atoms with Gasteiger partial charge in [-0.1, -0.05) is 23.8 Å². The molecule has 1 aromatic carbocycles. The van der Waals surface area contributed by atoms with Crippen molar-refractivity contribution in [3.63, 3.8) is 0 Å². The summed E-state index contributed by atoms with van der Waals surface area (Å²) in [6, 6.07) is 1.98. The molecular formula is C20H27F3O5SSi. The lowest BCUT2D eigenvalue weighted by Crippen LogP contribution is -2.31. The second kappa shape index (κ2) is 8.30. The highest BCUT2D eigenvalue weighted by Crippen LogP contribution is 2.48. The van der Waals surface area contributed by atoms with Crippen molar-refractivity contribution >= 4 is 18.4 Å². The molecule has 1 aliphatic carbocycles. The Morgan fingerprint density at radius 3 is 2.37 bits per heavy atom. The van der Waals surface area contributed by atoms with Gasteiger partial charge in [0.15, 0.2) is 0 Å². The summed E-state index contributed by atoms with van der Waals surface area (Å²) in [5.41, 5.74) is -3.19. The molecule has 2 atom stereocenters. The lowest BCUT2D eigenvalue weighted by atomic mass is 9.74. The second-order valence-electron chi connectivity index (χ2n) is 8.58. The van der Waals surface area contributed by atoms with Gasteiger partial charge < -0.3 is 13.7 Å². The van der Waals surface area contributed by atoms with Gasteiger partial charge in [-0.3, -0.25) is 0 Å². The van der Waals surface area contributed by atoms with Gasteiger partial charge in [-0.05, 0) is 52.2 Å². The molecule has 0 saturated heterocycles. The lowest BCUT2D eigenvalue weighted by molar-refractivity contribution is -0.0500. The molecule has 0 heterocycles. The normalized spacial score (nSPS) is 20.5. The van der Waals surface area contributed by atoms with Crippen molar-refractivity contribution in [2.75, 3.05) is 0 Å². The highest BCUT2D eigenvalue weighted by molar-refractivity contribution is 7.88. The maximum absolute atomic E-state index is 12.7. The van der Waals surface area contributed by atoms with Crippen LogP contribution in [0.25, 0.3) is 0 Å². The quantitative estimate of drug-likeness (QED) is 0.247. The first-order valence-corrected chi connectivity index (χ1v) is 14.2. The van der Waals surface area contributed by atoms with E-state index in [1.54, 1.807) is 0 Å². The monoisotopic (exact) mass is 464 g/mol. The van der Waals surface area contributed by atoms with Crippen LogP contribution in [0.15, 0.2) is 35.9 Å². The minimum absolute atomic E-state index is 0.00531. The van der Waals surface area contributed by atoms with Crippen LogP contribution in [0.1, 0.15) is 38.2 Å². The van der Waals surface area contributed by atoms with Gasteiger partial charge in [0.2, 0.25) is 8.32 Å². The Balaban J connectivity index is 2.65. The van der Waals surface area contributed by atoms with Crippen molar-refractivity contribution in [1.82, 2.24) is 0 Å². The van der Waals surface area contributed by atoms with Crippen LogP contribution in [0, 0.1) is 5.92 Å². The fourth-order valence-electron chi connectivity index (χ4n) is 3.46. The molecule has 1 aromatic rings. The first-order chi connectivity index (χ1) is 13.5. The Morgan fingerprint density at radius 2 is 1.87 bits per heavy atom. The molecule has 0 spiro atoms. The third kappa shape index (κ3) is 5.60. The Bertz CT molecular complexity index is 962. The summed E-state index contributed by atoms with van der Waals surface area (Å²) in [7, 11) is -8.16. The molecule has 1 aliphatic rings. The molecule has 0 unspecified atom stereocenters. The molecule has 168 valence electrons. The first-order valence-electron chi connectivity index (χ1n) is 9.41. The van der Waals surface area contributed by atoms with Gasteiger partial charge in [-0.25, -0.2) is 0 Å². The molecule has 1 N–H and O–H groups in total. The van der Waals surface area contributed by atoms with E-state index in [-0.39, 0.29) is 23.3 Å². The van der Waals surface area contributed by atoms with Crippen molar-refractivity contribution in [3.8, 4) is 17.2 Å². The van der Waals surface area contributed by atoms with Crippen molar-refractivity contribution < 1.29 is 35.3 Å². The summed E-state index contributed by atoms with van der Waals surface area (Å²) < 4.78 is 71.3. The Kier molecular flexibility index (Phi) is 6.73. The number of phenols is 1. The van der Waals surface area contributed by atoms with Gasteiger partial charge in [0.25, 0.3) is 0 Å². The topological polar surface area (TPSA) is 72.8 Å². The van der Waals surface area contributed by atoms with Crippen molar-refractivity contribution in [2.24, 2.45) is 5.92 Å². The van der Waals surface area contributed by atoms with Crippen LogP contribution < -0.4 is 8.61 Å². The summed E-state index contributed by atoms with van der Waals surface area (Å²) in [5.74, 6) is -1.25. The average Bonchev–Trinajstić information content (AvgIpc) is 2.50. The Labute approximate surface area is 176 Å². The number of hydrogen-bond donors (Lipinski definition) is 1. The molecule has 10 heteroatoms. The van der Waals surface area contributed by atoms with E-state index >= 15 is 0 Å². The van der Waals surface area contributed by atoms with Crippen molar-refractivity contribution in [3.05, 3.63) is 41.5 Å². The second-order valence-corrected chi connectivity index (χ2v) is 14.5. The minimum atomic E-state index is -5.88. The summed E-state index contributed by atoms with van der Waals surface area (Å²) >= 11 is 0. The van der Waals surface area contributed by atoms with Gasteiger partial charge in [-0.15, -0.1) is 0 Å². The first kappa shape index (κ1) is 24.3. The molecule has 0 radical (unpaired) electrons. The van der Waals surface area contributed by atoms with E-state index < -0.39 is 29.7 Å². The number of allylic oxidation sites excluding steroid dienone is 3. The predicted octanol–water partition coefficient (Wildman–Crippen LogP) is 5.85. The lowest BCUT2D eigenvalue weighted by Gasteiger charge is -2.33. The van der Waals surface area contributed by atoms with Gasteiger partial charge in [-0.2, -0.15) is 21.6 Å². The Hall–Kier alpha value is -1.94. The number of halogens is 3. The van der Waals surface area contributed by atoms with Crippen molar-refractivity contribution in [1.29, 1.82) is 0 Å². The zero-order valence-electron chi connectivity index (χ0n) is 17.6. The fraction of sp³-hybridized carbons (Fsp3) is 0.500. The van der Waals surface area contributed by atoms with Gasteiger partial charge in [0.05, 0.1) is 0 Å². The van der Waals surface area contributed by atoms with E-state index in [2.05, 4.69) is 10.8 Å². The molecule has 5 nitrogen and oxygen atoms in total. The highest BCUT2D eigenvalue weighted by atomic mass is 32.2. The fourth-order valence-corrected chi connectivity index (χ4v) is 4.74. The summed E-state index contributed by atoms with van der Waals surface area (Å²) in [6.45, 7) is 13.5. The highest BCUT2D eigenvalue weighted by Gasteiger charge is 2.48. The number of hydrogen-bond acceptors (Lipinski definition) is 5. The third-order valence-electron chi connectivity index (χ3n) is 4.71. The average molecular weight is 465 g/mol. The van der Waals surface area contributed by atoms with Crippen molar-refractivity contribution in [2.45, 2.75) is 57.8 Å². The number of benzene rings is 1. The smallest absolute Gasteiger partial charge is 0.534 e. The molecule has 30 heavy (non-hydrogen) atoms. The summed E-state index contributed by atoms with van der Waals surface area (Å²) in [4.78, 5) is 0. The SMILES string of the molecule is C=C(C)[C@@H]1CCC(C)=C[C@@H]1c1c(O)cc(OS(=O)(=O)C(F)(F)F)cc1O[Si](C)(C)C. The van der Waals surface area contributed by atoms with Gasteiger partial charge in [0.1, 0.15) is 17.2 Å². The van der Waals surface area contributed by atoms with E-state index in [0.717, 1.165) is 36.1 Å². The zero-order chi connectivity index (χ0) is 23.1. The van der Waals surface area contributed by atoms with Crippen LogP contribution in [-0.2, 0) is 10.1 Å². The molecule has 0 fully saturated rings. The molecular weight excluding hydrogens is 437 g/mol. The maximum Gasteiger partial charge on any atom is 0.534 e. The molecule has 0 saturated carbocycles. The van der Waals surface area contributed by atoms with Crippen LogP contribution in [0.4, 0.5) is 13.2 Å². The standard InChI is InChI=1S/C20H27F3O5SSi/c1-12(2)15-8-7-13(3)9-16(15)19-17(24)10-14(11-18(19)28-30(4,5)6)27-29(25,26)20(21,22)23/h9-11,15-16,24H,1,7-8H2,2-6H3/t15-,16-/m0/s1. The van der Waals surface area contributed by atoms with E-state index in [9.17, 15) is 26.7 Å². The molecule has 2 rings (SSSR count). The van der Waals surface area contributed by atoms with E-state index in [4.69, 9.17) is 4.43 Å². The van der Waals surface area contributed by atoms with Crippen LogP contribution in [0.2, 0.25) is 19.6 Å². The predicted molar refractivity (Wildman–Crippen MR) is 112 cm³/mol. The van der Waals surface area contributed by atoms with Crippen LogP contribution in [0.3, 0.4) is 0 Å². The zero-order valence-corrected chi connectivity index (χ0v) is 19.4. The molecule has 0 aliphatic heterocycles. The minimum Gasteiger partial charge on any atom is -0.544 e. The van der Waals surface area contributed by atoms with Crippen LogP contribution in [-0.4, -0.2) is 27.4 Å². The van der Waals surface area contributed by atoms with Gasteiger partial charge in [0, 0.05) is 23.6 Å². The van der Waals surface area contributed by atoms with Gasteiger partial charge >= 0.3 is 15.6 Å². The Morgan fingerprint density at radius 1 is 1.27 bits per heavy atom. The molecule has 0 bridgehead atoms. The van der Waals surface area contributed by atoms with Crippen LogP contribution >= 0.6 is 0 Å². The molecule has 0 amide bonds. The number of phenolic OH excluding ortho intramolecular Hbond substituents is 1.